The minimum Gasteiger partial charge on any atom is -0.395 e. The molecule has 0 radical (unpaired) electrons. The van der Waals surface area contributed by atoms with Crippen LogP contribution in [0.5, 0.6) is 0 Å². The highest BCUT2D eigenvalue weighted by Gasteiger charge is 2.52. The first-order valence-electron chi connectivity index (χ1n) is 16.6. The standard InChI is InChI=1S/C41H36ClN3O5/c1-27(9-5-18-37(47)43(21-22-46)25-28-10-3-2-4-11-28)41(50)34-24-31(42)19-20-35(34)44(40(41)49)26-29-12-6-15-32(23-29)45-36-17-8-14-30-13-7-16-33(38(30)36)39(45)48/h2-17,19-20,23-24,27,46,50H,18,21-22,25-26H2,1H3/b9-5+/t27-,41+/m0/s1. The molecule has 0 aromatic heterocycles. The van der Waals surface area contributed by atoms with Gasteiger partial charge in [-0.05, 0) is 59.0 Å². The molecule has 2 aliphatic heterocycles. The smallest absolute Gasteiger partial charge is 0.264 e. The van der Waals surface area contributed by atoms with Crippen molar-refractivity contribution in [1.29, 1.82) is 0 Å². The van der Waals surface area contributed by atoms with E-state index in [0.29, 0.717) is 34.1 Å². The molecule has 2 heterocycles. The van der Waals surface area contributed by atoms with Crippen LogP contribution in [-0.4, -0.2) is 46.0 Å². The first-order valence-corrected chi connectivity index (χ1v) is 17.0. The molecule has 50 heavy (non-hydrogen) atoms. The van der Waals surface area contributed by atoms with Gasteiger partial charge in [-0.2, -0.15) is 0 Å². The number of hydrogen-bond acceptors (Lipinski definition) is 5. The first-order chi connectivity index (χ1) is 24.2. The topological polar surface area (TPSA) is 101 Å². The zero-order valence-electron chi connectivity index (χ0n) is 27.5. The molecular weight excluding hydrogens is 650 g/mol. The molecule has 3 amide bonds. The van der Waals surface area contributed by atoms with Gasteiger partial charge in [0, 0.05) is 47.1 Å². The second-order valence-corrected chi connectivity index (χ2v) is 13.2. The van der Waals surface area contributed by atoms with Gasteiger partial charge in [0.05, 0.1) is 30.1 Å². The number of aliphatic hydroxyl groups is 2. The van der Waals surface area contributed by atoms with Crippen molar-refractivity contribution in [3.8, 4) is 0 Å². The molecule has 9 heteroatoms. The molecule has 7 rings (SSSR count). The molecule has 252 valence electrons. The van der Waals surface area contributed by atoms with Gasteiger partial charge in [0.25, 0.3) is 11.8 Å². The number of carbonyl (C=O) groups is 3. The van der Waals surface area contributed by atoms with Crippen LogP contribution < -0.4 is 9.80 Å². The van der Waals surface area contributed by atoms with Crippen molar-refractivity contribution in [3.63, 3.8) is 0 Å². The third-order valence-corrected chi connectivity index (χ3v) is 9.85. The molecule has 5 aromatic carbocycles. The molecule has 2 N–H and O–H groups in total. The molecule has 0 fully saturated rings. The number of fused-ring (bicyclic) bond motifs is 1. The number of anilines is 3. The largest absolute Gasteiger partial charge is 0.395 e. The summed E-state index contributed by atoms with van der Waals surface area (Å²) in [6.07, 6.45) is 3.38. The minimum atomic E-state index is -1.94. The lowest BCUT2D eigenvalue weighted by Crippen LogP contribution is -2.44. The average molecular weight is 686 g/mol. The van der Waals surface area contributed by atoms with Gasteiger partial charge in [-0.1, -0.05) is 97.4 Å². The summed E-state index contributed by atoms with van der Waals surface area (Å²) in [5.41, 5.74) is 2.85. The molecular formula is C41H36ClN3O5. The zero-order valence-corrected chi connectivity index (χ0v) is 28.3. The van der Waals surface area contributed by atoms with Crippen molar-refractivity contribution in [3.05, 3.63) is 149 Å². The van der Waals surface area contributed by atoms with E-state index in [2.05, 4.69) is 0 Å². The summed E-state index contributed by atoms with van der Waals surface area (Å²) in [6.45, 7) is 2.27. The summed E-state index contributed by atoms with van der Waals surface area (Å²) in [7, 11) is 0. The van der Waals surface area contributed by atoms with E-state index in [-0.39, 0.29) is 37.9 Å². The molecule has 0 bridgehead atoms. The highest BCUT2D eigenvalue weighted by atomic mass is 35.5. The minimum absolute atomic E-state index is 0.0349. The molecule has 0 saturated heterocycles. The normalized spacial score (nSPS) is 17.2. The van der Waals surface area contributed by atoms with E-state index >= 15 is 0 Å². The van der Waals surface area contributed by atoms with E-state index in [1.807, 2.05) is 91.0 Å². The van der Waals surface area contributed by atoms with E-state index in [0.717, 1.165) is 27.6 Å². The van der Waals surface area contributed by atoms with Crippen molar-refractivity contribution in [2.24, 2.45) is 5.92 Å². The fourth-order valence-corrected chi connectivity index (χ4v) is 7.25. The number of halogens is 1. The summed E-state index contributed by atoms with van der Waals surface area (Å²) in [4.78, 5) is 45.8. The molecule has 0 spiro atoms. The fraction of sp³-hybridized carbons (Fsp3) is 0.195. The lowest BCUT2D eigenvalue weighted by atomic mass is 9.83. The van der Waals surface area contributed by atoms with Gasteiger partial charge >= 0.3 is 0 Å². The Morgan fingerprint density at radius 2 is 1.64 bits per heavy atom. The van der Waals surface area contributed by atoms with Gasteiger partial charge in [0.2, 0.25) is 5.91 Å². The monoisotopic (exact) mass is 685 g/mol. The Morgan fingerprint density at radius 3 is 2.42 bits per heavy atom. The summed E-state index contributed by atoms with van der Waals surface area (Å²) >= 11 is 6.40. The third kappa shape index (κ3) is 5.85. The SMILES string of the molecule is C[C@@H](/C=C/CC(=O)N(CCO)Cc1ccccc1)[C@]1(O)C(=O)N(Cc2cccc(N3C(=O)c4cccc5cccc3c45)c2)c2ccc(Cl)cc21. The Hall–Kier alpha value is -5.28. The van der Waals surface area contributed by atoms with E-state index < -0.39 is 17.4 Å². The van der Waals surface area contributed by atoms with Crippen molar-refractivity contribution in [1.82, 2.24) is 4.90 Å². The van der Waals surface area contributed by atoms with Gasteiger partial charge in [0.1, 0.15) is 0 Å². The summed E-state index contributed by atoms with van der Waals surface area (Å²) in [6, 6.07) is 33.7. The van der Waals surface area contributed by atoms with Crippen LogP contribution in [0.1, 0.15) is 40.4 Å². The number of carbonyl (C=O) groups excluding carboxylic acids is 3. The number of benzene rings is 5. The quantitative estimate of drug-likeness (QED) is 0.144. The van der Waals surface area contributed by atoms with E-state index in [9.17, 15) is 24.6 Å². The van der Waals surface area contributed by atoms with Crippen LogP contribution in [0, 0.1) is 5.92 Å². The van der Waals surface area contributed by atoms with Gasteiger partial charge in [-0.15, -0.1) is 0 Å². The lowest BCUT2D eigenvalue weighted by Gasteiger charge is -2.28. The molecule has 8 nitrogen and oxygen atoms in total. The van der Waals surface area contributed by atoms with Crippen LogP contribution in [-0.2, 0) is 28.3 Å². The Kier molecular flexibility index (Phi) is 9.01. The maximum atomic E-state index is 14.2. The second kappa shape index (κ2) is 13.6. The van der Waals surface area contributed by atoms with E-state index in [1.165, 1.54) is 0 Å². The Bertz CT molecular complexity index is 2150. The number of amides is 3. The maximum Gasteiger partial charge on any atom is 0.264 e. The molecule has 0 aliphatic carbocycles. The van der Waals surface area contributed by atoms with Gasteiger partial charge in [-0.25, -0.2) is 0 Å². The highest BCUT2D eigenvalue weighted by Crippen LogP contribution is 2.47. The van der Waals surface area contributed by atoms with Gasteiger partial charge in [-0.3, -0.25) is 19.3 Å². The summed E-state index contributed by atoms with van der Waals surface area (Å²) in [5.74, 6) is -1.52. The number of hydrogen-bond donors (Lipinski definition) is 2. The van der Waals surface area contributed by atoms with Crippen molar-refractivity contribution in [2.45, 2.75) is 32.0 Å². The maximum absolute atomic E-state index is 14.2. The van der Waals surface area contributed by atoms with E-state index in [4.69, 9.17) is 11.6 Å². The zero-order chi connectivity index (χ0) is 35.0. The molecule has 0 unspecified atom stereocenters. The van der Waals surface area contributed by atoms with Crippen LogP contribution in [0.3, 0.4) is 0 Å². The number of rotatable bonds is 11. The molecule has 2 aliphatic rings. The summed E-state index contributed by atoms with van der Waals surface area (Å²) < 4.78 is 0. The second-order valence-electron chi connectivity index (χ2n) is 12.8. The van der Waals surface area contributed by atoms with Crippen molar-refractivity contribution in [2.75, 3.05) is 23.0 Å². The van der Waals surface area contributed by atoms with Crippen LogP contribution in [0.15, 0.2) is 121 Å². The lowest BCUT2D eigenvalue weighted by molar-refractivity contribution is -0.139. The Morgan fingerprint density at radius 1 is 0.900 bits per heavy atom. The number of nitrogens with zero attached hydrogens (tertiary/aromatic N) is 3. The first kappa shape index (κ1) is 33.2. The third-order valence-electron chi connectivity index (χ3n) is 9.61. The highest BCUT2D eigenvalue weighted by molar-refractivity contribution is 6.31. The van der Waals surface area contributed by atoms with Crippen LogP contribution in [0.4, 0.5) is 17.1 Å². The predicted octanol–water partition coefficient (Wildman–Crippen LogP) is 7.12. The molecule has 0 saturated carbocycles. The molecule has 2 atom stereocenters. The van der Waals surface area contributed by atoms with Crippen LogP contribution in [0.25, 0.3) is 10.8 Å². The van der Waals surface area contributed by atoms with Crippen molar-refractivity contribution >= 4 is 57.2 Å². The molecule has 5 aromatic rings. The number of aliphatic hydroxyl groups excluding tert-OH is 1. The Labute approximate surface area is 295 Å². The average Bonchev–Trinajstić information content (AvgIpc) is 3.53. The fourth-order valence-electron chi connectivity index (χ4n) is 7.08. The Balaban J connectivity index is 1.12. The van der Waals surface area contributed by atoms with Crippen LogP contribution in [0.2, 0.25) is 5.02 Å². The van der Waals surface area contributed by atoms with Gasteiger partial charge in [0.15, 0.2) is 5.60 Å². The predicted molar refractivity (Wildman–Crippen MR) is 195 cm³/mol. The van der Waals surface area contributed by atoms with Crippen LogP contribution >= 0.6 is 11.6 Å². The summed E-state index contributed by atoms with van der Waals surface area (Å²) in [5, 5.41) is 24.0. The van der Waals surface area contributed by atoms with Crippen molar-refractivity contribution < 1.29 is 24.6 Å². The van der Waals surface area contributed by atoms with Gasteiger partial charge < -0.3 is 20.0 Å². The van der Waals surface area contributed by atoms with E-state index in [1.54, 1.807) is 52.0 Å².